The van der Waals surface area contributed by atoms with Gasteiger partial charge in [-0.3, -0.25) is 4.79 Å². The average molecular weight is 125 g/mol. The molecule has 0 bridgehead atoms. The first-order valence-electron chi connectivity index (χ1n) is 3.19. The summed E-state index contributed by atoms with van der Waals surface area (Å²) in [6.07, 6.45) is 3.92. The number of carbonyl (C=O) groups excluding carboxylic acids is 2. The molecule has 2 heteroatoms. The number of aldehydes is 1. The van der Waals surface area contributed by atoms with E-state index in [1.165, 1.54) is 0 Å². The standard InChI is InChI=1S/C7H9O2/c8-5-6-3-1-2-4-7(6)9/h5H,1-4H2. The molecule has 1 radical (unpaired) electrons. The molecule has 0 N–H and O–H groups in total. The fourth-order valence-corrected chi connectivity index (χ4v) is 1.03. The Bertz CT molecular complexity index is 129. The highest BCUT2D eigenvalue weighted by Crippen LogP contribution is 2.19. The molecule has 0 aromatic heterocycles. The fourth-order valence-electron chi connectivity index (χ4n) is 1.03. The lowest BCUT2D eigenvalue weighted by Gasteiger charge is -2.12. The van der Waals surface area contributed by atoms with Gasteiger partial charge in [-0.1, -0.05) is 6.42 Å². The van der Waals surface area contributed by atoms with Gasteiger partial charge in [-0.05, 0) is 12.8 Å². The van der Waals surface area contributed by atoms with Crippen LogP contribution < -0.4 is 0 Å². The molecular weight excluding hydrogens is 116 g/mol. The Morgan fingerprint density at radius 1 is 1.22 bits per heavy atom. The van der Waals surface area contributed by atoms with Crippen molar-refractivity contribution in [3.05, 3.63) is 5.92 Å². The molecule has 0 saturated heterocycles. The van der Waals surface area contributed by atoms with Gasteiger partial charge in [-0.15, -0.1) is 0 Å². The van der Waals surface area contributed by atoms with Gasteiger partial charge in [0, 0.05) is 6.42 Å². The molecule has 1 saturated carbocycles. The van der Waals surface area contributed by atoms with Gasteiger partial charge in [-0.25, -0.2) is 0 Å². The van der Waals surface area contributed by atoms with Crippen molar-refractivity contribution >= 4 is 12.1 Å². The van der Waals surface area contributed by atoms with Gasteiger partial charge in [-0.2, -0.15) is 0 Å². The predicted molar refractivity (Wildman–Crippen MR) is 32.8 cm³/mol. The minimum atomic E-state index is 0.0521. The second kappa shape index (κ2) is 2.76. The highest BCUT2D eigenvalue weighted by Gasteiger charge is 2.21. The Labute approximate surface area is 54.2 Å². The molecule has 0 amide bonds. The molecule has 1 rings (SSSR count). The zero-order valence-electron chi connectivity index (χ0n) is 5.22. The lowest BCUT2D eigenvalue weighted by atomic mass is 9.89. The van der Waals surface area contributed by atoms with Crippen LogP contribution in [-0.2, 0) is 9.59 Å². The Hall–Kier alpha value is -0.660. The normalized spacial score (nSPS) is 22.0. The van der Waals surface area contributed by atoms with Crippen molar-refractivity contribution in [3.63, 3.8) is 0 Å². The minimum absolute atomic E-state index is 0.0521. The van der Waals surface area contributed by atoms with E-state index in [-0.39, 0.29) is 5.78 Å². The Morgan fingerprint density at radius 2 is 1.89 bits per heavy atom. The zero-order chi connectivity index (χ0) is 6.69. The molecule has 1 aliphatic rings. The summed E-state index contributed by atoms with van der Waals surface area (Å²) in [5.74, 6) is 0.539. The van der Waals surface area contributed by atoms with Gasteiger partial charge in [0.25, 0.3) is 0 Å². The van der Waals surface area contributed by atoms with Crippen LogP contribution >= 0.6 is 0 Å². The number of hydrogen-bond donors (Lipinski definition) is 0. The molecule has 0 spiro atoms. The first-order chi connectivity index (χ1) is 4.34. The molecule has 49 valence electrons. The highest BCUT2D eigenvalue weighted by molar-refractivity contribution is 6.07. The minimum Gasteiger partial charge on any atom is -0.302 e. The lowest BCUT2D eigenvalue weighted by molar-refractivity contribution is -0.121. The monoisotopic (exact) mass is 125 g/mol. The maximum absolute atomic E-state index is 10.8. The molecule has 0 unspecified atom stereocenters. The molecule has 0 aromatic rings. The van der Waals surface area contributed by atoms with Crippen LogP contribution in [-0.4, -0.2) is 12.1 Å². The molecule has 1 aliphatic carbocycles. The van der Waals surface area contributed by atoms with E-state index in [1.807, 2.05) is 0 Å². The van der Waals surface area contributed by atoms with Gasteiger partial charge in [0.2, 0.25) is 0 Å². The summed E-state index contributed by atoms with van der Waals surface area (Å²) in [6, 6.07) is 0. The first-order valence-corrected chi connectivity index (χ1v) is 3.19. The van der Waals surface area contributed by atoms with E-state index in [0.717, 1.165) is 12.8 Å². The molecule has 0 heterocycles. The molecule has 0 aromatic carbocycles. The van der Waals surface area contributed by atoms with E-state index in [2.05, 4.69) is 0 Å². The fraction of sp³-hybridized carbons (Fsp3) is 0.571. The summed E-state index contributed by atoms with van der Waals surface area (Å²) in [6.45, 7) is 0. The van der Waals surface area contributed by atoms with Crippen LogP contribution in [0.25, 0.3) is 0 Å². The van der Waals surface area contributed by atoms with Crippen molar-refractivity contribution in [1.29, 1.82) is 0 Å². The van der Waals surface area contributed by atoms with Gasteiger partial charge >= 0.3 is 0 Å². The summed E-state index contributed by atoms with van der Waals surface area (Å²) >= 11 is 0. The van der Waals surface area contributed by atoms with E-state index in [9.17, 15) is 9.59 Å². The van der Waals surface area contributed by atoms with E-state index in [1.54, 1.807) is 0 Å². The third-order valence-corrected chi connectivity index (χ3v) is 1.60. The Morgan fingerprint density at radius 3 is 2.33 bits per heavy atom. The number of ketones is 1. The van der Waals surface area contributed by atoms with Crippen molar-refractivity contribution in [1.82, 2.24) is 0 Å². The van der Waals surface area contributed by atoms with Crippen molar-refractivity contribution in [3.8, 4) is 0 Å². The summed E-state index contributed by atoms with van der Waals surface area (Å²) in [4.78, 5) is 20.9. The highest BCUT2D eigenvalue weighted by atomic mass is 16.1. The molecule has 0 aliphatic heterocycles. The van der Waals surface area contributed by atoms with Crippen LogP contribution in [0, 0.1) is 5.92 Å². The Kier molecular flexibility index (Phi) is 1.98. The summed E-state index contributed by atoms with van der Waals surface area (Å²) in [7, 11) is 0. The topological polar surface area (TPSA) is 34.1 Å². The second-order valence-corrected chi connectivity index (χ2v) is 2.27. The zero-order valence-corrected chi connectivity index (χ0v) is 5.22. The first kappa shape index (κ1) is 6.46. The van der Waals surface area contributed by atoms with Crippen LogP contribution in [0.15, 0.2) is 0 Å². The van der Waals surface area contributed by atoms with Crippen LogP contribution in [0.5, 0.6) is 0 Å². The van der Waals surface area contributed by atoms with Gasteiger partial charge in [0.05, 0.1) is 0 Å². The molecule has 9 heavy (non-hydrogen) atoms. The third kappa shape index (κ3) is 1.37. The summed E-state index contributed by atoms with van der Waals surface area (Å²) in [5.41, 5.74) is 0. The van der Waals surface area contributed by atoms with E-state index < -0.39 is 0 Å². The van der Waals surface area contributed by atoms with Gasteiger partial charge in [0.1, 0.15) is 18.0 Å². The number of rotatable bonds is 1. The maximum atomic E-state index is 10.8. The van der Waals surface area contributed by atoms with Crippen LogP contribution in [0.3, 0.4) is 0 Å². The summed E-state index contributed by atoms with van der Waals surface area (Å²) < 4.78 is 0. The molecule has 0 atom stereocenters. The van der Waals surface area contributed by atoms with Crippen molar-refractivity contribution < 1.29 is 9.59 Å². The lowest BCUT2D eigenvalue weighted by Crippen LogP contribution is -2.17. The smallest absolute Gasteiger partial charge is 0.147 e. The Balaban J connectivity index is 2.48. The van der Waals surface area contributed by atoms with Crippen LogP contribution in [0.1, 0.15) is 25.7 Å². The van der Waals surface area contributed by atoms with E-state index >= 15 is 0 Å². The van der Waals surface area contributed by atoms with Crippen molar-refractivity contribution in [2.24, 2.45) is 0 Å². The number of hydrogen-bond acceptors (Lipinski definition) is 2. The second-order valence-electron chi connectivity index (χ2n) is 2.27. The van der Waals surface area contributed by atoms with E-state index in [4.69, 9.17) is 0 Å². The SMILES string of the molecule is O=C[C]1CCCCC1=O. The summed E-state index contributed by atoms with van der Waals surface area (Å²) in [5, 5.41) is 0. The maximum Gasteiger partial charge on any atom is 0.147 e. The van der Waals surface area contributed by atoms with Crippen molar-refractivity contribution in [2.45, 2.75) is 25.7 Å². The third-order valence-electron chi connectivity index (χ3n) is 1.60. The molecule has 2 nitrogen and oxygen atoms in total. The van der Waals surface area contributed by atoms with E-state index in [0.29, 0.717) is 25.0 Å². The van der Waals surface area contributed by atoms with Crippen LogP contribution in [0.2, 0.25) is 0 Å². The largest absolute Gasteiger partial charge is 0.302 e. The van der Waals surface area contributed by atoms with Gasteiger partial charge < -0.3 is 4.79 Å². The average Bonchev–Trinajstić information content (AvgIpc) is 1.89. The number of Topliss-reactive ketones (excluding diaryl/α,β-unsaturated/α-hetero) is 1. The van der Waals surface area contributed by atoms with Gasteiger partial charge in [0.15, 0.2) is 0 Å². The molecular formula is C7H9O2. The quantitative estimate of drug-likeness (QED) is 0.488. The predicted octanol–water partition coefficient (Wildman–Crippen LogP) is 0.903. The van der Waals surface area contributed by atoms with Crippen LogP contribution in [0.4, 0.5) is 0 Å². The number of carbonyl (C=O) groups is 2. The molecule has 1 fully saturated rings. The van der Waals surface area contributed by atoms with Crippen molar-refractivity contribution in [2.75, 3.05) is 0 Å².